The second-order valence-corrected chi connectivity index (χ2v) is 3.76. The molecule has 1 unspecified atom stereocenters. The van der Waals surface area contributed by atoms with E-state index in [-0.39, 0.29) is 13.2 Å². The van der Waals surface area contributed by atoms with Gasteiger partial charge in [-0.3, -0.25) is 4.79 Å². The van der Waals surface area contributed by atoms with E-state index in [2.05, 4.69) is 17.9 Å². The van der Waals surface area contributed by atoms with Gasteiger partial charge in [-0.05, 0) is 18.9 Å². The maximum absolute atomic E-state index is 10.5. The fourth-order valence-corrected chi connectivity index (χ4v) is 1.05. The highest BCUT2D eigenvalue weighted by atomic mass is 16.5. The van der Waals surface area contributed by atoms with E-state index in [1.807, 2.05) is 0 Å². The summed E-state index contributed by atoms with van der Waals surface area (Å²) in [6.45, 7) is 9.67. The molecule has 5 nitrogen and oxygen atoms in total. The van der Waals surface area contributed by atoms with Crippen LogP contribution in [0.25, 0.3) is 0 Å². The first kappa shape index (κ1) is 16.7. The number of rotatable bonds is 11. The predicted molar refractivity (Wildman–Crippen MR) is 68.0 cm³/mol. The SMILES string of the molecule is C=CC(=C)OCCCCOCC(O)COC(C)=O. The van der Waals surface area contributed by atoms with E-state index in [0.717, 1.165) is 12.8 Å². The highest BCUT2D eigenvalue weighted by Crippen LogP contribution is 1.98. The third-order valence-corrected chi connectivity index (χ3v) is 1.99. The Hall–Kier alpha value is -1.33. The van der Waals surface area contributed by atoms with Crippen molar-refractivity contribution in [2.24, 2.45) is 0 Å². The maximum atomic E-state index is 10.5. The lowest BCUT2D eigenvalue weighted by atomic mass is 10.3. The molecule has 0 spiro atoms. The quantitative estimate of drug-likeness (QED) is 0.263. The molecule has 0 aromatic rings. The van der Waals surface area contributed by atoms with E-state index in [0.29, 0.717) is 19.0 Å². The normalized spacial score (nSPS) is 11.7. The van der Waals surface area contributed by atoms with Crippen LogP contribution in [0.2, 0.25) is 0 Å². The number of hydrogen-bond acceptors (Lipinski definition) is 5. The van der Waals surface area contributed by atoms with Gasteiger partial charge in [0.2, 0.25) is 0 Å². The fraction of sp³-hybridized carbons (Fsp3) is 0.615. The summed E-state index contributed by atoms with van der Waals surface area (Å²) in [7, 11) is 0. The summed E-state index contributed by atoms with van der Waals surface area (Å²) in [6.07, 6.45) is 2.45. The standard InChI is InChI=1S/C13H22O5/c1-4-11(2)17-8-6-5-7-16-9-13(15)10-18-12(3)14/h4,13,15H,1-2,5-10H2,3H3. The zero-order valence-corrected chi connectivity index (χ0v) is 10.9. The van der Waals surface area contributed by atoms with Crippen LogP contribution in [-0.2, 0) is 19.0 Å². The van der Waals surface area contributed by atoms with Gasteiger partial charge in [0.1, 0.15) is 18.5 Å². The molecule has 1 N–H and O–H groups in total. The van der Waals surface area contributed by atoms with Crippen molar-refractivity contribution < 1.29 is 24.1 Å². The molecule has 5 heteroatoms. The third kappa shape index (κ3) is 11.2. The second-order valence-electron chi connectivity index (χ2n) is 3.76. The van der Waals surface area contributed by atoms with Crippen molar-refractivity contribution in [2.45, 2.75) is 25.9 Å². The molecule has 0 fully saturated rings. The van der Waals surface area contributed by atoms with Crippen molar-refractivity contribution in [1.29, 1.82) is 0 Å². The Kier molecular flexibility index (Phi) is 10.0. The monoisotopic (exact) mass is 258 g/mol. The summed E-state index contributed by atoms with van der Waals surface area (Å²) in [6, 6.07) is 0. The first-order chi connectivity index (χ1) is 8.56. The van der Waals surface area contributed by atoms with Crippen molar-refractivity contribution in [3.8, 4) is 0 Å². The molecule has 0 aliphatic heterocycles. The number of aliphatic hydroxyl groups is 1. The van der Waals surface area contributed by atoms with E-state index < -0.39 is 12.1 Å². The Morgan fingerprint density at radius 1 is 1.28 bits per heavy atom. The highest BCUT2D eigenvalue weighted by molar-refractivity contribution is 5.65. The minimum atomic E-state index is -0.773. The van der Waals surface area contributed by atoms with Crippen LogP contribution in [0.4, 0.5) is 0 Å². The number of carbonyl (C=O) groups excluding carboxylic acids is 1. The van der Waals surface area contributed by atoms with Gasteiger partial charge < -0.3 is 19.3 Å². The minimum Gasteiger partial charge on any atom is -0.494 e. The first-order valence-corrected chi connectivity index (χ1v) is 5.89. The lowest BCUT2D eigenvalue weighted by molar-refractivity contribution is -0.145. The second kappa shape index (κ2) is 10.8. The summed E-state index contributed by atoms with van der Waals surface area (Å²) in [5.41, 5.74) is 0. The molecule has 0 rings (SSSR count). The Morgan fingerprint density at radius 2 is 1.94 bits per heavy atom. The average molecular weight is 258 g/mol. The molecule has 0 saturated carbocycles. The van der Waals surface area contributed by atoms with E-state index in [4.69, 9.17) is 9.47 Å². The predicted octanol–water partition coefficient (Wildman–Crippen LogP) is 1.42. The van der Waals surface area contributed by atoms with Gasteiger partial charge in [-0.15, -0.1) is 0 Å². The van der Waals surface area contributed by atoms with E-state index in [9.17, 15) is 9.90 Å². The molecule has 0 heterocycles. The molecule has 0 bridgehead atoms. The summed E-state index contributed by atoms with van der Waals surface area (Å²) >= 11 is 0. The molecule has 0 radical (unpaired) electrons. The van der Waals surface area contributed by atoms with Crippen LogP contribution in [-0.4, -0.2) is 43.6 Å². The van der Waals surface area contributed by atoms with Crippen LogP contribution in [0.15, 0.2) is 25.0 Å². The Bertz CT molecular complexity index is 262. The zero-order chi connectivity index (χ0) is 13.8. The Balaban J connectivity index is 3.26. The van der Waals surface area contributed by atoms with Crippen molar-refractivity contribution >= 4 is 5.97 Å². The molecular formula is C13H22O5. The van der Waals surface area contributed by atoms with Crippen LogP contribution >= 0.6 is 0 Å². The molecule has 1 atom stereocenters. The number of aliphatic hydroxyl groups excluding tert-OH is 1. The van der Waals surface area contributed by atoms with Gasteiger partial charge in [0.05, 0.1) is 13.2 Å². The van der Waals surface area contributed by atoms with Crippen molar-refractivity contribution in [3.63, 3.8) is 0 Å². The molecule has 18 heavy (non-hydrogen) atoms. The molecular weight excluding hydrogens is 236 g/mol. The molecule has 0 aromatic heterocycles. The number of hydrogen-bond donors (Lipinski definition) is 1. The summed E-state index contributed by atoms with van der Waals surface area (Å²) in [5.74, 6) is 0.154. The van der Waals surface area contributed by atoms with E-state index in [1.165, 1.54) is 6.92 Å². The van der Waals surface area contributed by atoms with Gasteiger partial charge in [-0.2, -0.15) is 0 Å². The molecule has 0 aromatic carbocycles. The van der Waals surface area contributed by atoms with E-state index in [1.54, 1.807) is 6.08 Å². The first-order valence-electron chi connectivity index (χ1n) is 5.89. The van der Waals surface area contributed by atoms with Crippen molar-refractivity contribution in [3.05, 3.63) is 25.0 Å². The number of carbonyl (C=O) groups is 1. The third-order valence-electron chi connectivity index (χ3n) is 1.99. The van der Waals surface area contributed by atoms with Gasteiger partial charge in [-0.25, -0.2) is 0 Å². The fourth-order valence-electron chi connectivity index (χ4n) is 1.05. The van der Waals surface area contributed by atoms with Gasteiger partial charge in [-0.1, -0.05) is 13.2 Å². The van der Waals surface area contributed by atoms with Gasteiger partial charge in [0, 0.05) is 13.5 Å². The topological polar surface area (TPSA) is 65.0 Å². The van der Waals surface area contributed by atoms with Crippen LogP contribution < -0.4 is 0 Å². The minimum absolute atomic E-state index is 0.0302. The molecule has 0 saturated heterocycles. The van der Waals surface area contributed by atoms with Crippen molar-refractivity contribution in [2.75, 3.05) is 26.4 Å². The summed E-state index contributed by atoms with van der Waals surface area (Å²) in [4.78, 5) is 10.5. The van der Waals surface area contributed by atoms with E-state index >= 15 is 0 Å². The average Bonchev–Trinajstić information content (AvgIpc) is 2.34. The molecule has 0 aliphatic rings. The largest absolute Gasteiger partial charge is 0.494 e. The lowest BCUT2D eigenvalue weighted by Gasteiger charge is -2.11. The van der Waals surface area contributed by atoms with Gasteiger partial charge in [0.15, 0.2) is 0 Å². The lowest BCUT2D eigenvalue weighted by Crippen LogP contribution is -2.23. The van der Waals surface area contributed by atoms with Gasteiger partial charge >= 0.3 is 5.97 Å². The Labute approximate surface area is 108 Å². The number of ether oxygens (including phenoxy) is 3. The maximum Gasteiger partial charge on any atom is 0.302 e. The van der Waals surface area contributed by atoms with Crippen molar-refractivity contribution in [1.82, 2.24) is 0 Å². The van der Waals surface area contributed by atoms with Crippen LogP contribution in [0.1, 0.15) is 19.8 Å². The summed E-state index contributed by atoms with van der Waals surface area (Å²) < 4.78 is 15.1. The number of allylic oxidation sites excluding steroid dienone is 1. The molecule has 0 aliphatic carbocycles. The molecule has 104 valence electrons. The van der Waals surface area contributed by atoms with Crippen LogP contribution in [0.3, 0.4) is 0 Å². The highest BCUT2D eigenvalue weighted by Gasteiger charge is 2.05. The van der Waals surface area contributed by atoms with Gasteiger partial charge in [0.25, 0.3) is 0 Å². The number of esters is 1. The number of unbranched alkanes of at least 4 members (excludes halogenated alkanes) is 1. The molecule has 0 amide bonds. The van der Waals surface area contributed by atoms with Crippen LogP contribution in [0, 0.1) is 0 Å². The van der Waals surface area contributed by atoms with Crippen LogP contribution in [0.5, 0.6) is 0 Å². The Morgan fingerprint density at radius 3 is 2.56 bits per heavy atom. The summed E-state index contributed by atoms with van der Waals surface area (Å²) in [5, 5.41) is 9.36. The zero-order valence-electron chi connectivity index (χ0n) is 10.9. The smallest absolute Gasteiger partial charge is 0.302 e.